The van der Waals surface area contributed by atoms with Crippen molar-refractivity contribution in [2.24, 2.45) is 0 Å². The minimum absolute atomic E-state index is 0.00504. The Balaban J connectivity index is 2.55. The van der Waals surface area contributed by atoms with Gasteiger partial charge in [-0.25, -0.2) is 0 Å². The lowest BCUT2D eigenvalue weighted by atomic mass is 10.0. The molecule has 2 aromatic carbocycles. The summed E-state index contributed by atoms with van der Waals surface area (Å²) in [6, 6.07) is 12.6. The predicted molar refractivity (Wildman–Crippen MR) is 167 cm³/mol. The molecule has 0 aliphatic heterocycles. The van der Waals surface area contributed by atoms with Crippen LogP contribution < -0.4 is 0 Å². The molecule has 0 spiro atoms. The minimum Gasteiger partial charge on any atom is -0.0970 e. The van der Waals surface area contributed by atoms with Crippen LogP contribution in [0.15, 0.2) is 30.3 Å². The van der Waals surface area contributed by atoms with Crippen LogP contribution in [0.4, 0.5) is 0 Å². The van der Waals surface area contributed by atoms with E-state index in [1.807, 2.05) is 0 Å². The lowest BCUT2D eigenvalue weighted by molar-refractivity contribution is 0.985. The van der Waals surface area contributed by atoms with Crippen molar-refractivity contribution >= 4 is 34.5 Å². The SMILES string of the molecule is CC(C)P(Cc1ccc2cc(CP(C(C)C)C(C)C)c(CP(C(C)C)C(C)C)cc2c1)C(C)C. The van der Waals surface area contributed by atoms with E-state index in [0.29, 0.717) is 0 Å². The number of rotatable bonds is 12. The summed E-state index contributed by atoms with van der Waals surface area (Å²) in [5, 5.41) is 2.92. The highest BCUT2D eigenvalue weighted by Crippen LogP contribution is 2.53. The number of hydrogen-bond acceptors (Lipinski definition) is 0. The number of fused-ring (bicyclic) bond motifs is 1. The molecular formula is C31H53P3. The van der Waals surface area contributed by atoms with Crippen molar-refractivity contribution in [3.63, 3.8) is 0 Å². The van der Waals surface area contributed by atoms with Gasteiger partial charge in [0.25, 0.3) is 0 Å². The summed E-state index contributed by atoms with van der Waals surface area (Å²) in [7, 11) is 0.00830. The van der Waals surface area contributed by atoms with Gasteiger partial charge in [0, 0.05) is 0 Å². The van der Waals surface area contributed by atoms with Gasteiger partial charge in [0.2, 0.25) is 0 Å². The minimum atomic E-state index is -0.0106. The Kier molecular flexibility index (Phi) is 12.0. The second-order valence-electron chi connectivity index (χ2n) is 11.9. The smallest absolute Gasteiger partial charge is 0.00654 e. The van der Waals surface area contributed by atoms with Crippen LogP contribution in [0.25, 0.3) is 10.8 Å². The average molecular weight is 519 g/mol. The first-order valence-corrected chi connectivity index (χ1v) is 18.6. The summed E-state index contributed by atoms with van der Waals surface area (Å²) in [6.45, 7) is 29.2. The highest BCUT2D eigenvalue weighted by atomic mass is 31.1. The first kappa shape index (κ1) is 30.2. The number of benzene rings is 2. The quantitative estimate of drug-likeness (QED) is 0.245. The van der Waals surface area contributed by atoms with Gasteiger partial charge in [-0.3, -0.25) is 0 Å². The topological polar surface area (TPSA) is 0 Å². The maximum Gasteiger partial charge on any atom is -0.00654 e. The Hall–Kier alpha value is -0.0100. The summed E-state index contributed by atoms with van der Waals surface area (Å²) in [5.74, 6) is 0. The van der Waals surface area contributed by atoms with Crippen molar-refractivity contribution in [2.75, 3.05) is 0 Å². The molecule has 2 aromatic rings. The molecule has 34 heavy (non-hydrogen) atoms. The van der Waals surface area contributed by atoms with Gasteiger partial charge < -0.3 is 0 Å². The van der Waals surface area contributed by atoms with E-state index in [2.05, 4.69) is 113 Å². The molecule has 0 nitrogen and oxygen atoms in total. The summed E-state index contributed by atoms with van der Waals surface area (Å²) >= 11 is 0. The molecule has 0 aliphatic carbocycles. The van der Waals surface area contributed by atoms with Crippen molar-refractivity contribution < 1.29 is 0 Å². The zero-order chi connectivity index (χ0) is 25.7. The molecule has 0 amide bonds. The van der Waals surface area contributed by atoms with Gasteiger partial charge in [-0.1, -0.05) is 137 Å². The van der Waals surface area contributed by atoms with Crippen LogP contribution in [0.3, 0.4) is 0 Å². The van der Waals surface area contributed by atoms with Crippen LogP contribution in [0.2, 0.25) is 0 Å². The van der Waals surface area contributed by atoms with Crippen LogP contribution in [-0.4, -0.2) is 34.0 Å². The third-order valence-electron chi connectivity index (χ3n) is 7.27. The molecule has 2 rings (SSSR count). The summed E-state index contributed by atoms with van der Waals surface area (Å²) in [5.41, 5.74) is 9.54. The van der Waals surface area contributed by atoms with Crippen LogP contribution >= 0.6 is 23.8 Å². The molecule has 0 aromatic heterocycles. The maximum atomic E-state index is 2.61. The molecule has 0 unspecified atom stereocenters. The fourth-order valence-corrected chi connectivity index (χ4v) is 13.1. The maximum absolute atomic E-state index is 2.61. The largest absolute Gasteiger partial charge is 0.0970 e. The molecule has 0 atom stereocenters. The Labute approximate surface area is 216 Å². The molecule has 0 aliphatic rings. The van der Waals surface area contributed by atoms with Crippen molar-refractivity contribution in [1.82, 2.24) is 0 Å². The second-order valence-corrected chi connectivity index (χ2v) is 22.1. The van der Waals surface area contributed by atoms with E-state index in [1.54, 1.807) is 16.7 Å². The molecule has 0 fully saturated rings. The summed E-state index contributed by atoms with van der Waals surface area (Å²) in [6.07, 6.45) is 3.82. The number of hydrogen-bond donors (Lipinski definition) is 0. The Morgan fingerprint density at radius 1 is 0.441 bits per heavy atom. The third-order valence-corrected chi connectivity index (χ3v) is 17.4. The van der Waals surface area contributed by atoms with E-state index in [0.717, 1.165) is 34.0 Å². The summed E-state index contributed by atoms with van der Waals surface area (Å²) < 4.78 is 0. The van der Waals surface area contributed by atoms with Gasteiger partial charge in [0.15, 0.2) is 0 Å². The van der Waals surface area contributed by atoms with Crippen LogP contribution in [0, 0.1) is 0 Å². The van der Waals surface area contributed by atoms with Gasteiger partial charge >= 0.3 is 0 Å². The highest BCUT2D eigenvalue weighted by Gasteiger charge is 2.23. The molecule has 0 bridgehead atoms. The Morgan fingerprint density at radius 2 is 0.794 bits per heavy atom. The lowest BCUT2D eigenvalue weighted by Crippen LogP contribution is -2.09. The predicted octanol–water partition coefficient (Wildman–Crippen LogP) is 11.2. The third kappa shape index (κ3) is 8.26. The zero-order valence-electron chi connectivity index (χ0n) is 24.3. The molecule has 0 saturated carbocycles. The van der Waals surface area contributed by atoms with E-state index in [-0.39, 0.29) is 23.8 Å². The van der Waals surface area contributed by atoms with Gasteiger partial charge in [0.1, 0.15) is 0 Å². The molecule has 0 N–H and O–H groups in total. The lowest BCUT2D eigenvalue weighted by Gasteiger charge is -2.30. The Bertz CT molecular complexity index is 871. The first-order chi connectivity index (χ1) is 15.8. The zero-order valence-corrected chi connectivity index (χ0v) is 27.0. The van der Waals surface area contributed by atoms with E-state index in [4.69, 9.17) is 0 Å². The molecule has 3 heteroatoms. The van der Waals surface area contributed by atoms with Crippen LogP contribution in [0.5, 0.6) is 0 Å². The fourth-order valence-electron chi connectivity index (χ4n) is 5.32. The molecule has 0 saturated heterocycles. The highest BCUT2D eigenvalue weighted by molar-refractivity contribution is 7.59. The van der Waals surface area contributed by atoms with Gasteiger partial charge in [-0.2, -0.15) is 0 Å². The molecule has 0 radical (unpaired) electrons. The van der Waals surface area contributed by atoms with Crippen molar-refractivity contribution in [3.05, 3.63) is 47.0 Å². The van der Waals surface area contributed by atoms with Crippen LogP contribution in [0.1, 0.15) is 99.8 Å². The van der Waals surface area contributed by atoms with Gasteiger partial charge in [-0.05, 0) is 79.9 Å². The van der Waals surface area contributed by atoms with Crippen molar-refractivity contribution in [2.45, 2.75) is 136 Å². The fraction of sp³-hybridized carbons (Fsp3) is 0.677. The standard InChI is InChI=1S/C31H53P3/c1-21(2)32(22(3)4)18-27-13-14-28-16-30(19-33(23(5)6)24(7)8)31(17-29(28)15-27)20-34(25(9)10)26(11)12/h13-17,21-26H,18-20H2,1-12H3. The molecular weight excluding hydrogens is 465 g/mol. The van der Waals surface area contributed by atoms with Crippen LogP contribution in [-0.2, 0) is 18.5 Å². The normalized spacial score (nSPS) is 13.1. The Morgan fingerprint density at radius 3 is 1.18 bits per heavy atom. The summed E-state index contributed by atoms with van der Waals surface area (Å²) in [4.78, 5) is 0. The van der Waals surface area contributed by atoms with E-state index >= 15 is 0 Å². The second kappa shape index (κ2) is 13.5. The molecule has 192 valence electrons. The average Bonchev–Trinajstić information content (AvgIpc) is 2.72. The van der Waals surface area contributed by atoms with Gasteiger partial charge in [0.05, 0.1) is 0 Å². The van der Waals surface area contributed by atoms with Crippen molar-refractivity contribution in [1.29, 1.82) is 0 Å². The van der Waals surface area contributed by atoms with E-state index in [9.17, 15) is 0 Å². The van der Waals surface area contributed by atoms with Crippen molar-refractivity contribution in [3.8, 4) is 0 Å². The van der Waals surface area contributed by atoms with E-state index < -0.39 is 0 Å². The van der Waals surface area contributed by atoms with Gasteiger partial charge in [-0.15, -0.1) is 0 Å². The van der Waals surface area contributed by atoms with E-state index in [1.165, 1.54) is 29.3 Å². The molecule has 0 heterocycles. The first-order valence-electron chi connectivity index (χ1n) is 13.6. The monoisotopic (exact) mass is 518 g/mol.